The molecule has 2 aromatic carbocycles. The fourth-order valence-electron chi connectivity index (χ4n) is 2.82. The van der Waals surface area contributed by atoms with Crippen molar-refractivity contribution in [2.24, 2.45) is 0 Å². The number of carbonyl (C=O) groups is 1. The third-order valence-corrected chi connectivity index (χ3v) is 6.46. The van der Waals surface area contributed by atoms with E-state index < -0.39 is 5.97 Å². The number of carboxylic acids is 1. The lowest BCUT2D eigenvalue weighted by atomic mass is 10.2. The molecule has 6 nitrogen and oxygen atoms in total. The molecule has 0 atom stereocenters. The molecule has 10 heteroatoms. The maximum Gasteiger partial charge on any atom is 0.342 e. The summed E-state index contributed by atoms with van der Waals surface area (Å²) in [6, 6.07) is 10.9. The summed E-state index contributed by atoms with van der Waals surface area (Å²) in [5, 5.41) is 19.5. The van der Waals surface area contributed by atoms with E-state index in [0.717, 1.165) is 26.3 Å². The number of aromatic nitrogens is 3. The molecule has 3 rings (SSSR count). The van der Waals surface area contributed by atoms with Crippen LogP contribution in [0.3, 0.4) is 0 Å². The van der Waals surface area contributed by atoms with Gasteiger partial charge in [-0.15, -0.1) is 10.2 Å². The highest BCUT2D eigenvalue weighted by atomic mass is 79.9. The van der Waals surface area contributed by atoms with Crippen molar-refractivity contribution < 1.29 is 14.6 Å². The SMILES string of the molecule is CCOc1c(Br)cc(Br)cc1/C=C(\Sc1nnc(-c2ccc(Cl)cc2)n1CC)C(=O)O. The summed E-state index contributed by atoms with van der Waals surface area (Å²) in [7, 11) is 0. The number of aliphatic carboxylic acids is 1. The van der Waals surface area contributed by atoms with Crippen LogP contribution in [0.2, 0.25) is 5.02 Å². The summed E-state index contributed by atoms with van der Waals surface area (Å²) >= 11 is 13.9. The van der Waals surface area contributed by atoms with Gasteiger partial charge in [0.05, 0.1) is 11.1 Å². The van der Waals surface area contributed by atoms with E-state index in [-0.39, 0.29) is 4.91 Å². The summed E-state index contributed by atoms with van der Waals surface area (Å²) in [6.07, 6.45) is 1.57. The zero-order chi connectivity index (χ0) is 22.5. The predicted octanol–water partition coefficient (Wildman–Crippen LogP) is 6.76. The first-order valence-corrected chi connectivity index (χ1v) is 12.1. The standard InChI is InChI=1S/C21H18Br2ClN3O3S/c1-3-27-19(12-5-7-15(24)8-6-12)25-26-21(27)31-17(20(28)29)10-13-9-14(22)11-16(23)18(13)30-4-2/h5-11H,3-4H2,1-2H3,(H,28,29)/b17-10-. The van der Waals surface area contributed by atoms with Gasteiger partial charge in [-0.2, -0.15) is 0 Å². The molecule has 31 heavy (non-hydrogen) atoms. The van der Waals surface area contributed by atoms with Crippen LogP contribution >= 0.6 is 55.2 Å². The van der Waals surface area contributed by atoms with Crippen molar-refractivity contribution in [1.29, 1.82) is 0 Å². The fourth-order valence-corrected chi connectivity index (χ4v) is 5.20. The van der Waals surface area contributed by atoms with E-state index >= 15 is 0 Å². The minimum atomic E-state index is -1.07. The lowest BCUT2D eigenvalue weighted by Crippen LogP contribution is -2.03. The molecule has 0 unspecified atom stereocenters. The minimum absolute atomic E-state index is 0.0932. The molecule has 0 aliphatic rings. The second kappa shape index (κ2) is 10.7. The molecule has 1 aromatic heterocycles. The van der Waals surface area contributed by atoms with Gasteiger partial charge in [-0.05, 0) is 84.0 Å². The van der Waals surface area contributed by atoms with E-state index in [0.29, 0.717) is 40.5 Å². The van der Waals surface area contributed by atoms with E-state index in [1.807, 2.05) is 42.7 Å². The second-order valence-electron chi connectivity index (χ2n) is 6.21. The van der Waals surface area contributed by atoms with Crippen LogP contribution in [0.4, 0.5) is 0 Å². The molecule has 0 fully saturated rings. The molecule has 1 heterocycles. The van der Waals surface area contributed by atoms with E-state index in [1.165, 1.54) is 0 Å². The van der Waals surface area contributed by atoms with Gasteiger partial charge in [0.15, 0.2) is 11.0 Å². The highest BCUT2D eigenvalue weighted by Crippen LogP contribution is 2.37. The Kier molecular flexibility index (Phi) is 8.21. The summed E-state index contributed by atoms with van der Waals surface area (Å²) in [5.74, 6) is 0.151. The Balaban J connectivity index is 2.02. The van der Waals surface area contributed by atoms with E-state index in [9.17, 15) is 9.90 Å². The molecular weight excluding hydrogens is 570 g/mol. The molecule has 0 aliphatic heterocycles. The maximum absolute atomic E-state index is 12.0. The van der Waals surface area contributed by atoms with Crippen molar-refractivity contribution in [2.45, 2.75) is 25.5 Å². The van der Waals surface area contributed by atoms with Gasteiger partial charge in [-0.3, -0.25) is 0 Å². The van der Waals surface area contributed by atoms with Gasteiger partial charge >= 0.3 is 5.97 Å². The lowest BCUT2D eigenvalue weighted by molar-refractivity contribution is -0.131. The Hall–Kier alpha value is -1.81. The monoisotopic (exact) mass is 585 g/mol. The molecule has 0 bridgehead atoms. The Morgan fingerprint density at radius 2 is 1.94 bits per heavy atom. The Morgan fingerprint density at radius 3 is 2.55 bits per heavy atom. The highest BCUT2D eigenvalue weighted by molar-refractivity contribution is 9.11. The van der Waals surface area contributed by atoms with Crippen LogP contribution in [0.25, 0.3) is 17.5 Å². The van der Waals surface area contributed by atoms with Crippen LogP contribution in [-0.4, -0.2) is 32.4 Å². The molecular formula is C21H18Br2ClN3O3S. The highest BCUT2D eigenvalue weighted by Gasteiger charge is 2.19. The van der Waals surface area contributed by atoms with Crippen LogP contribution in [-0.2, 0) is 11.3 Å². The van der Waals surface area contributed by atoms with Gasteiger partial charge in [-0.1, -0.05) is 27.5 Å². The number of halogens is 3. The Labute approximate surface area is 205 Å². The normalized spacial score (nSPS) is 11.6. The number of thioether (sulfide) groups is 1. The van der Waals surface area contributed by atoms with Crippen LogP contribution in [0.5, 0.6) is 5.75 Å². The van der Waals surface area contributed by atoms with Gasteiger partial charge < -0.3 is 14.4 Å². The third kappa shape index (κ3) is 5.71. The van der Waals surface area contributed by atoms with Crippen molar-refractivity contribution >= 4 is 67.3 Å². The van der Waals surface area contributed by atoms with Gasteiger partial charge in [0, 0.05) is 27.2 Å². The summed E-state index contributed by atoms with van der Waals surface area (Å²) in [5.41, 5.74) is 1.48. The van der Waals surface area contributed by atoms with E-state index in [4.69, 9.17) is 16.3 Å². The smallest absolute Gasteiger partial charge is 0.342 e. The predicted molar refractivity (Wildman–Crippen MR) is 131 cm³/mol. The Morgan fingerprint density at radius 1 is 1.23 bits per heavy atom. The first-order valence-electron chi connectivity index (χ1n) is 9.27. The number of rotatable bonds is 8. The molecule has 162 valence electrons. The summed E-state index contributed by atoms with van der Waals surface area (Å²) in [4.78, 5) is 12.1. The topological polar surface area (TPSA) is 77.2 Å². The molecule has 0 amide bonds. The molecule has 0 saturated carbocycles. The number of benzene rings is 2. The molecule has 0 saturated heterocycles. The van der Waals surface area contributed by atoms with E-state index in [2.05, 4.69) is 42.1 Å². The minimum Gasteiger partial charge on any atom is -0.492 e. The fraction of sp³-hybridized carbons (Fsp3) is 0.190. The lowest BCUT2D eigenvalue weighted by Gasteiger charge is -2.12. The molecule has 0 spiro atoms. The van der Waals surface area contributed by atoms with Crippen molar-refractivity contribution in [3.63, 3.8) is 0 Å². The van der Waals surface area contributed by atoms with Gasteiger partial charge in [0.25, 0.3) is 0 Å². The number of carboxylic acid groups (broad SMARTS) is 1. The van der Waals surface area contributed by atoms with Crippen molar-refractivity contribution in [2.75, 3.05) is 6.61 Å². The van der Waals surface area contributed by atoms with E-state index in [1.54, 1.807) is 18.2 Å². The van der Waals surface area contributed by atoms with Crippen LogP contribution in [0.15, 0.2) is 55.4 Å². The van der Waals surface area contributed by atoms with Gasteiger partial charge in [0.2, 0.25) is 0 Å². The molecule has 0 radical (unpaired) electrons. The number of nitrogens with zero attached hydrogens (tertiary/aromatic N) is 3. The second-order valence-corrected chi connectivity index (χ2v) is 9.43. The van der Waals surface area contributed by atoms with Gasteiger partial charge in [-0.25, -0.2) is 4.79 Å². The van der Waals surface area contributed by atoms with Crippen molar-refractivity contribution in [1.82, 2.24) is 14.8 Å². The summed E-state index contributed by atoms with van der Waals surface area (Å²) < 4.78 is 9.10. The van der Waals surface area contributed by atoms with Gasteiger partial charge in [0.1, 0.15) is 10.7 Å². The van der Waals surface area contributed by atoms with Crippen LogP contribution in [0.1, 0.15) is 19.4 Å². The number of hydrogen-bond acceptors (Lipinski definition) is 5. The zero-order valence-electron chi connectivity index (χ0n) is 16.6. The average Bonchev–Trinajstić information content (AvgIpc) is 3.13. The third-order valence-electron chi connectivity index (χ3n) is 4.16. The first kappa shape index (κ1) is 23.8. The van der Waals surface area contributed by atoms with Crippen molar-refractivity contribution in [3.8, 4) is 17.1 Å². The quantitative estimate of drug-likeness (QED) is 0.232. The molecule has 1 N–H and O–H groups in total. The van der Waals surface area contributed by atoms with Crippen LogP contribution < -0.4 is 4.74 Å². The average molecular weight is 588 g/mol. The van der Waals surface area contributed by atoms with Crippen LogP contribution in [0, 0.1) is 0 Å². The van der Waals surface area contributed by atoms with Crippen molar-refractivity contribution in [3.05, 3.63) is 60.8 Å². The number of ether oxygens (including phenoxy) is 1. The maximum atomic E-state index is 12.0. The first-order chi connectivity index (χ1) is 14.8. The summed E-state index contributed by atoms with van der Waals surface area (Å²) in [6.45, 7) is 4.85. The molecule has 3 aromatic rings. The zero-order valence-corrected chi connectivity index (χ0v) is 21.3. The Bertz CT molecular complexity index is 1130. The number of hydrogen-bond donors (Lipinski definition) is 1. The molecule has 0 aliphatic carbocycles. The largest absolute Gasteiger partial charge is 0.492 e.